The third-order valence-electron chi connectivity index (χ3n) is 4.65. The van der Waals surface area contributed by atoms with Crippen LogP contribution in [0.3, 0.4) is 0 Å². The standard InChI is InChI=1S/C20H20N6O3/c1-12(2)26-18-13(10-22-26)9-14(11-21-18)23-17(27)7-8-25-20(29)16-6-4-3-5-15(16)19(28)24-25/h3-6,9-12H,7-8H2,1-2H3,(H,23,27)(H,24,28). The molecule has 3 aromatic heterocycles. The molecule has 3 heterocycles. The van der Waals surface area contributed by atoms with Crippen LogP contribution in [0.25, 0.3) is 21.8 Å². The van der Waals surface area contributed by atoms with Gasteiger partial charge in [0.15, 0.2) is 5.65 Å². The number of carbonyl (C=O) groups excluding carboxylic acids is 1. The summed E-state index contributed by atoms with van der Waals surface area (Å²) in [5.74, 6) is -0.289. The number of nitrogens with zero attached hydrogens (tertiary/aromatic N) is 4. The van der Waals surface area contributed by atoms with Crippen LogP contribution in [0, 0.1) is 0 Å². The van der Waals surface area contributed by atoms with Crippen molar-refractivity contribution in [3.63, 3.8) is 0 Å². The molecule has 4 rings (SSSR count). The van der Waals surface area contributed by atoms with Gasteiger partial charge in [0, 0.05) is 17.8 Å². The van der Waals surface area contributed by atoms with Crippen LogP contribution in [-0.2, 0) is 11.3 Å². The van der Waals surface area contributed by atoms with Gasteiger partial charge >= 0.3 is 0 Å². The Kier molecular flexibility index (Phi) is 4.71. The zero-order chi connectivity index (χ0) is 20.5. The van der Waals surface area contributed by atoms with Gasteiger partial charge in [-0.05, 0) is 32.0 Å². The van der Waals surface area contributed by atoms with Crippen LogP contribution in [-0.4, -0.2) is 30.5 Å². The highest BCUT2D eigenvalue weighted by Crippen LogP contribution is 2.19. The summed E-state index contributed by atoms with van der Waals surface area (Å²) in [4.78, 5) is 41.3. The average Bonchev–Trinajstić information content (AvgIpc) is 3.13. The normalized spacial score (nSPS) is 11.4. The Hall–Kier alpha value is -3.75. The number of benzene rings is 1. The van der Waals surface area contributed by atoms with Crippen LogP contribution < -0.4 is 16.4 Å². The van der Waals surface area contributed by atoms with E-state index in [-0.39, 0.29) is 36.0 Å². The Morgan fingerprint density at radius 3 is 2.69 bits per heavy atom. The molecule has 0 radical (unpaired) electrons. The van der Waals surface area contributed by atoms with Gasteiger partial charge < -0.3 is 5.32 Å². The molecule has 0 aliphatic rings. The van der Waals surface area contributed by atoms with Crippen LogP contribution in [0.2, 0.25) is 0 Å². The molecule has 9 heteroatoms. The predicted octanol–water partition coefficient (Wildman–Crippen LogP) is 2.04. The van der Waals surface area contributed by atoms with E-state index in [0.29, 0.717) is 16.5 Å². The molecule has 0 saturated heterocycles. The van der Waals surface area contributed by atoms with Crippen LogP contribution >= 0.6 is 0 Å². The van der Waals surface area contributed by atoms with E-state index in [1.165, 1.54) is 4.68 Å². The summed E-state index contributed by atoms with van der Waals surface area (Å²) >= 11 is 0. The van der Waals surface area contributed by atoms with Crippen molar-refractivity contribution in [2.24, 2.45) is 0 Å². The Balaban J connectivity index is 1.49. The summed E-state index contributed by atoms with van der Waals surface area (Å²) in [7, 11) is 0. The number of aryl methyl sites for hydroxylation is 1. The molecule has 0 aliphatic heterocycles. The minimum atomic E-state index is -0.363. The van der Waals surface area contributed by atoms with Gasteiger partial charge in [0.1, 0.15) is 0 Å². The number of H-pyrrole nitrogens is 1. The fourth-order valence-electron chi connectivity index (χ4n) is 3.23. The fourth-order valence-corrected chi connectivity index (χ4v) is 3.23. The van der Waals surface area contributed by atoms with Gasteiger partial charge in [-0.25, -0.2) is 14.3 Å². The van der Waals surface area contributed by atoms with Crippen molar-refractivity contribution in [3.8, 4) is 0 Å². The maximum Gasteiger partial charge on any atom is 0.273 e. The zero-order valence-corrected chi connectivity index (χ0v) is 16.0. The number of hydrogen-bond acceptors (Lipinski definition) is 5. The first kappa shape index (κ1) is 18.6. The summed E-state index contributed by atoms with van der Waals surface area (Å²) in [6, 6.07) is 8.58. The van der Waals surface area contributed by atoms with Gasteiger partial charge in [-0.15, -0.1) is 0 Å². The number of carbonyl (C=O) groups is 1. The van der Waals surface area contributed by atoms with Crippen molar-refractivity contribution in [2.75, 3.05) is 5.32 Å². The summed E-state index contributed by atoms with van der Waals surface area (Å²) in [5, 5.41) is 11.1. The van der Waals surface area contributed by atoms with Gasteiger partial charge in [0.25, 0.3) is 11.1 Å². The Morgan fingerprint density at radius 2 is 1.93 bits per heavy atom. The highest BCUT2D eigenvalue weighted by atomic mass is 16.2. The van der Waals surface area contributed by atoms with E-state index < -0.39 is 0 Å². The Labute approximate surface area is 165 Å². The van der Waals surface area contributed by atoms with E-state index in [1.807, 2.05) is 18.5 Å². The lowest BCUT2D eigenvalue weighted by atomic mass is 10.2. The Bertz CT molecular complexity index is 1330. The summed E-state index contributed by atoms with van der Waals surface area (Å²) in [6.45, 7) is 4.09. The lowest BCUT2D eigenvalue weighted by Crippen LogP contribution is -2.31. The Morgan fingerprint density at radius 1 is 1.17 bits per heavy atom. The fraction of sp³-hybridized carbons (Fsp3) is 0.250. The number of aromatic nitrogens is 5. The van der Waals surface area contributed by atoms with Crippen molar-refractivity contribution in [2.45, 2.75) is 32.9 Å². The predicted molar refractivity (Wildman–Crippen MR) is 110 cm³/mol. The first-order valence-electron chi connectivity index (χ1n) is 9.29. The van der Waals surface area contributed by atoms with Crippen LogP contribution in [0.5, 0.6) is 0 Å². The number of anilines is 1. The molecule has 1 amide bonds. The quantitative estimate of drug-likeness (QED) is 0.539. The highest BCUT2D eigenvalue weighted by Gasteiger charge is 2.11. The largest absolute Gasteiger partial charge is 0.325 e. The van der Waals surface area contributed by atoms with Gasteiger partial charge in [-0.2, -0.15) is 5.10 Å². The number of rotatable bonds is 5. The van der Waals surface area contributed by atoms with Crippen molar-refractivity contribution in [3.05, 3.63) is 63.4 Å². The van der Waals surface area contributed by atoms with Crippen molar-refractivity contribution < 1.29 is 4.79 Å². The number of hydrogen-bond donors (Lipinski definition) is 2. The van der Waals surface area contributed by atoms with Crippen molar-refractivity contribution in [1.29, 1.82) is 0 Å². The minimum absolute atomic E-state index is 0.0253. The lowest BCUT2D eigenvalue weighted by molar-refractivity contribution is -0.116. The van der Waals surface area contributed by atoms with Crippen LogP contribution in [0.4, 0.5) is 5.69 Å². The highest BCUT2D eigenvalue weighted by molar-refractivity contribution is 5.92. The number of pyridine rings is 1. The summed E-state index contributed by atoms with van der Waals surface area (Å²) in [6.07, 6.45) is 3.31. The van der Waals surface area contributed by atoms with Gasteiger partial charge in [-0.3, -0.25) is 19.5 Å². The first-order valence-corrected chi connectivity index (χ1v) is 9.29. The van der Waals surface area contributed by atoms with Crippen LogP contribution in [0.1, 0.15) is 26.3 Å². The molecule has 0 saturated carbocycles. The maximum atomic E-state index is 12.5. The maximum absolute atomic E-state index is 12.5. The molecular formula is C20H20N6O3. The van der Waals surface area contributed by atoms with Gasteiger partial charge in [-0.1, -0.05) is 12.1 Å². The topological polar surface area (TPSA) is 115 Å². The number of fused-ring (bicyclic) bond motifs is 2. The SMILES string of the molecule is CC(C)n1ncc2cc(NC(=O)CCn3[nH]c(=O)c4ccccc4c3=O)cnc21. The van der Waals surface area contributed by atoms with E-state index in [9.17, 15) is 14.4 Å². The van der Waals surface area contributed by atoms with Gasteiger partial charge in [0.2, 0.25) is 5.91 Å². The molecule has 148 valence electrons. The molecule has 0 atom stereocenters. The molecule has 0 unspecified atom stereocenters. The first-order chi connectivity index (χ1) is 13.9. The number of amides is 1. The average molecular weight is 392 g/mol. The lowest BCUT2D eigenvalue weighted by Gasteiger charge is -2.09. The third kappa shape index (κ3) is 3.54. The molecule has 2 N–H and O–H groups in total. The molecule has 0 bridgehead atoms. The molecule has 1 aromatic carbocycles. The minimum Gasteiger partial charge on any atom is -0.325 e. The second-order valence-corrected chi connectivity index (χ2v) is 7.06. The smallest absolute Gasteiger partial charge is 0.273 e. The monoisotopic (exact) mass is 392 g/mol. The molecule has 0 aliphatic carbocycles. The third-order valence-corrected chi connectivity index (χ3v) is 4.65. The van der Waals surface area contributed by atoms with E-state index in [0.717, 1.165) is 11.0 Å². The summed E-state index contributed by atoms with van der Waals surface area (Å²) < 4.78 is 2.97. The number of aromatic amines is 1. The van der Waals surface area contributed by atoms with E-state index in [2.05, 4.69) is 20.5 Å². The second-order valence-electron chi connectivity index (χ2n) is 7.06. The van der Waals surface area contributed by atoms with Crippen LogP contribution in [0.15, 0.2) is 52.3 Å². The molecule has 0 spiro atoms. The molecule has 29 heavy (non-hydrogen) atoms. The van der Waals surface area contributed by atoms with Gasteiger partial charge in [0.05, 0.1) is 35.4 Å². The second kappa shape index (κ2) is 7.34. The van der Waals surface area contributed by atoms with Crippen molar-refractivity contribution >= 4 is 33.4 Å². The molecular weight excluding hydrogens is 372 g/mol. The molecule has 9 nitrogen and oxygen atoms in total. The van der Waals surface area contributed by atoms with E-state index in [4.69, 9.17) is 0 Å². The van der Waals surface area contributed by atoms with Crippen molar-refractivity contribution in [1.82, 2.24) is 24.5 Å². The zero-order valence-electron chi connectivity index (χ0n) is 16.0. The van der Waals surface area contributed by atoms with E-state index in [1.54, 1.807) is 42.7 Å². The summed E-state index contributed by atoms with van der Waals surface area (Å²) in [5.41, 5.74) is 0.595. The number of nitrogens with one attached hydrogen (secondary N) is 2. The van der Waals surface area contributed by atoms with E-state index >= 15 is 0 Å². The molecule has 0 fully saturated rings. The molecule has 4 aromatic rings.